The highest BCUT2D eigenvalue weighted by atomic mass is 35.6. The molecule has 0 aromatic rings. The molecule has 0 nitrogen and oxygen atoms in total. The first-order valence-electron chi connectivity index (χ1n) is 4.49. The zero-order chi connectivity index (χ0) is 7.23. The van der Waals surface area contributed by atoms with Gasteiger partial charge in [-0.2, -0.15) is 11.1 Å². The third-order valence-corrected chi connectivity index (χ3v) is 3.95. The summed E-state index contributed by atoms with van der Waals surface area (Å²) < 4.78 is 0. The molecule has 0 spiro atoms. The van der Waals surface area contributed by atoms with Crippen molar-refractivity contribution in [3.05, 3.63) is 0 Å². The summed E-state index contributed by atoms with van der Waals surface area (Å²) in [5, 5.41) is 0. The van der Waals surface area contributed by atoms with Crippen LogP contribution in [-0.4, -0.2) is 8.83 Å². The lowest BCUT2D eigenvalue weighted by Gasteiger charge is -2.20. The van der Waals surface area contributed by atoms with E-state index in [0.717, 1.165) is 5.92 Å². The molecule has 0 amide bonds. The molecule has 1 fully saturated rings. The van der Waals surface area contributed by atoms with Crippen molar-refractivity contribution in [2.75, 3.05) is 0 Å². The summed E-state index contributed by atoms with van der Waals surface area (Å²) in [5.74, 6) is 1.06. The van der Waals surface area contributed by atoms with E-state index in [2.05, 4.69) is 0 Å². The topological polar surface area (TPSA) is 0 Å². The molecule has 0 radical (unpaired) electrons. The lowest BCUT2D eigenvalue weighted by atomic mass is 9.88. The van der Waals surface area contributed by atoms with Crippen molar-refractivity contribution in [1.29, 1.82) is 0 Å². The zero-order valence-electron chi connectivity index (χ0n) is 6.61. The Bertz CT molecular complexity index is 79.3. The van der Waals surface area contributed by atoms with Gasteiger partial charge < -0.3 is 0 Å². The Hall–Kier alpha value is 0.507. The highest BCUT2D eigenvalue weighted by molar-refractivity contribution is 6.93. The summed E-state index contributed by atoms with van der Waals surface area (Å²) in [6, 6.07) is 1.37. The van der Waals surface area contributed by atoms with Gasteiger partial charge in [-0.3, -0.25) is 0 Å². The van der Waals surface area contributed by atoms with Gasteiger partial charge in [0.25, 0.3) is 0 Å². The molecule has 10 heavy (non-hydrogen) atoms. The maximum atomic E-state index is 5.76. The van der Waals surface area contributed by atoms with E-state index in [9.17, 15) is 0 Å². The molecular weight excluding hydrogens is 160 g/mol. The monoisotopic (exact) mass is 176 g/mol. The highest BCUT2D eigenvalue weighted by Crippen LogP contribution is 2.27. The molecular formula is C8H17ClSi. The van der Waals surface area contributed by atoms with Gasteiger partial charge in [0.2, 0.25) is 0 Å². The Balaban J connectivity index is 2.02. The molecule has 0 aliphatic heterocycles. The van der Waals surface area contributed by atoms with Crippen LogP contribution >= 0.6 is 11.1 Å². The Labute approximate surface area is 70.9 Å². The van der Waals surface area contributed by atoms with E-state index in [1.807, 2.05) is 0 Å². The van der Waals surface area contributed by atoms with Gasteiger partial charge in [0, 0.05) is 0 Å². The fourth-order valence-electron chi connectivity index (χ4n) is 1.84. The Morgan fingerprint density at radius 1 is 1.20 bits per heavy atom. The molecule has 0 atom stereocenters. The maximum absolute atomic E-state index is 5.76. The molecule has 0 saturated heterocycles. The van der Waals surface area contributed by atoms with Gasteiger partial charge in [-0.25, -0.2) is 0 Å². The lowest BCUT2D eigenvalue weighted by Crippen LogP contribution is -2.05. The molecule has 1 aliphatic carbocycles. The third-order valence-electron chi connectivity index (χ3n) is 2.47. The lowest BCUT2D eigenvalue weighted by molar-refractivity contribution is 0.349. The van der Waals surface area contributed by atoms with Crippen LogP contribution in [0.4, 0.5) is 0 Å². The summed E-state index contributed by atoms with van der Waals surface area (Å²) in [6.07, 6.45) is 8.87. The molecule has 0 heterocycles. The number of hydrogen-bond acceptors (Lipinski definition) is 0. The van der Waals surface area contributed by atoms with E-state index in [-0.39, 0.29) is 8.83 Å². The first-order chi connectivity index (χ1) is 4.93. The Kier molecular flexibility index (Phi) is 4.47. The van der Waals surface area contributed by atoms with Crippen LogP contribution in [0.15, 0.2) is 0 Å². The SMILES string of the molecule is Cl[SiH2]CCC1CCCCC1. The van der Waals surface area contributed by atoms with Crippen molar-refractivity contribution < 1.29 is 0 Å². The summed E-state index contributed by atoms with van der Waals surface area (Å²) in [6.45, 7) is 0. The van der Waals surface area contributed by atoms with Crippen molar-refractivity contribution >= 4 is 19.9 Å². The molecule has 60 valence electrons. The predicted octanol–water partition coefficient (Wildman–Crippen LogP) is 2.70. The fourth-order valence-corrected chi connectivity index (χ4v) is 3.04. The maximum Gasteiger partial charge on any atom is 0.125 e. The number of rotatable bonds is 3. The molecule has 0 bridgehead atoms. The van der Waals surface area contributed by atoms with Crippen LogP contribution in [0.25, 0.3) is 0 Å². The Morgan fingerprint density at radius 2 is 1.90 bits per heavy atom. The third kappa shape index (κ3) is 3.06. The van der Waals surface area contributed by atoms with Gasteiger partial charge in [0.15, 0.2) is 0 Å². The second-order valence-electron chi connectivity index (χ2n) is 3.34. The number of hydrogen-bond donors (Lipinski definition) is 0. The molecule has 1 saturated carbocycles. The standard InChI is InChI=1S/C8H17ClSi/c9-10-7-6-8-4-2-1-3-5-8/h8H,1-7,10H2. The first kappa shape index (κ1) is 8.60. The second kappa shape index (κ2) is 5.20. The van der Waals surface area contributed by atoms with Crippen LogP contribution in [0.1, 0.15) is 38.5 Å². The summed E-state index contributed by atoms with van der Waals surface area (Å²) in [7, 11) is -0.159. The van der Waals surface area contributed by atoms with Gasteiger partial charge in [0.05, 0.1) is 0 Å². The molecule has 2 heteroatoms. The minimum atomic E-state index is -0.159. The minimum Gasteiger partial charge on any atom is -0.176 e. The van der Waals surface area contributed by atoms with E-state index < -0.39 is 0 Å². The van der Waals surface area contributed by atoms with Gasteiger partial charge in [-0.15, -0.1) is 0 Å². The molecule has 0 aromatic carbocycles. The smallest absolute Gasteiger partial charge is 0.125 e. The van der Waals surface area contributed by atoms with E-state index >= 15 is 0 Å². The van der Waals surface area contributed by atoms with Crippen LogP contribution in [0.2, 0.25) is 6.04 Å². The first-order valence-corrected chi connectivity index (χ1v) is 7.63. The van der Waals surface area contributed by atoms with Crippen molar-refractivity contribution in [3.8, 4) is 0 Å². The van der Waals surface area contributed by atoms with Gasteiger partial charge in [-0.1, -0.05) is 38.5 Å². The summed E-state index contributed by atoms with van der Waals surface area (Å²) in [4.78, 5) is 0. The Morgan fingerprint density at radius 3 is 2.50 bits per heavy atom. The highest BCUT2D eigenvalue weighted by Gasteiger charge is 2.11. The predicted molar refractivity (Wildman–Crippen MR) is 50.4 cm³/mol. The van der Waals surface area contributed by atoms with E-state index in [0.29, 0.717) is 0 Å². The van der Waals surface area contributed by atoms with E-state index in [1.54, 1.807) is 0 Å². The summed E-state index contributed by atoms with van der Waals surface area (Å²) in [5.41, 5.74) is 0. The number of halogens is 1. The molecule has 1 rings (SSSR count). The van der Waals surface area contributed by atoms with Gasteiger partial charge in [0.1, 0.15) is 8.83 Å². The normalized spacial score (nSPS) is 22.5. The largest absolute Gasteiger partial charge is 0.176 e. The van der Waals surface area contributed by atoms with Crippen LogP contribution in [0.3, 0.4) is 0 Å². The minimum absolute atomic E-state index is 0.159. The molecule has 0 aromatic heterocycles. The van der Waals surface area contributed by atoms with Crippen molar-refractivity contribution in [1.82, 2.24) is 0 Å². The molecule has 0 N–H and O–H groups in total. The van der Waals surface area contributed by atoms with Gasteiger partial charge in [-0.05, 0) is 12.0 Å². The van der Waals surface area contributed by atoms with Crippen LogP contribution in [-0.2, 0) is 0 Å². The molecule has 1 aliphatic rings. The fraction of sp³-hybridized carbons (Fsp3) is 1.00. The van der Waals surface area contributed by atoms with Crippen LogP contribution in [0, 0.1) is 5.92 Å². The zero-order valence-corrected chi connectivity index (χ0v) is 8.78. The van der Waals surface area contributed by atoms with Crippen molar-refractivity contribution in [2.45, 2.75) is 44.6 Å². The molecule has 0 unspecified atom stereocenters. The van der Waals surface area contributed by atoms with E-state index in [4.69, 9.17) is 11.1 Å². The van der Waals surface area contributed by atoms with Crippen molar-refractivity contribution in [2.24, 2.45) is 5.92 Å². The summed E-state index contributed by atoms with van der Waals surface area (Å²) >= 11 is 5.76. The average Bonchev–Trinajstić information content (AvgIpc) is 2.03. The van der Waals surface area contributed by atoms with E-state index in [1.165, 1.54) is 44.6 Å². The van der Waals surface area contributed by atoms with Crippen LogP contribution < -0.4 is 0 Å². The quantitative estimate of drug-likeness (QED) is 0.458. The van der Waals surface area contributed by atoms with Crippen molar-refractivity contribution in [3.63, 3.8) is 0 Å². The average molecular weight is 177 g/mol. The van der Waals surface area contributed by atoms with Crippen LogP contribution in [0.5, 0.6) is 0 Å². The van der Waals surface area contributed by atoms with Gasteiger partial charge >= 0.3 is 0 Å². The second-order valence-corrected chi connectivity index (χ2v) is 5.55.